The maximum atomic E-state index is 7.00. The van der Waals surface area contributed by atoms with Gasteiger partial charge in [0.1, 0.15) is 17.2 Å². The number of pyridine rings is 1. The largest absolute Gasteiger partial charge is 0.454 e. The Balaban J connectivity index is 1.26. The molecule has 11 rings (SSSR count). The van der Waals surface area contributed by atoms with Crippen molar-refractivity contribution < 1.29 is 4.42 Å². The fourth-order valence-corrected chi connectivity index (χ4v) is 8.22. The molecule has 6 nitrogen and oxygen atoms in total. The number of hydrogen-bond acceptors (Lipinski definition) is 4. The smallest absolute Gasteiger partial charge is 0.160 e. The minimum absolute atomic E-state index is 0.836. The maximum absolute atomic E-state index is 7.00. The summed E-state index contributed by atoms with van der Waals surface area (Å²) in [5, 5.41) is 9.24. The van der Waals surface area contributed by atoms with Gasteiger partial charge >= 0.3 is 0 Å². The van der Waals surface area contributed by atoms with Crippen LogP contribution < -0.4 is 4.90 Å². The van der Waals surface area contributed by atoms with Crippen molar-refractivity contribution in [2.75, 3.05) is 4.90 Å². The molecule has 0 aliphatic heterocycles. The van der Waals surface area contributed by atoms with Gasteiger partial charge in [-0.3, -0.25) is 4.57 Å². The molecule has 7 aromatic carbocycles. The highest BCUT2D eigenvalue weighted by molar-refractivity contribution is 6.29. The van der Waals surface area contributed by atoms with Crippen molar-refractivity contribution >= 4 is 82.4 Å². The van der Waals surface area contributed by atoms with Gasteiger partial charge in [-0.05, 0) is 76.1 Å². The van der Waals surface area contributed by atoms with E-state index in [1.807, 2.05) is 37.8 Å². The van der Waals surface area contributed by atoms with Crippen LogP contribution in [-0.4, -0.2) is 19.1 Å². The van der Waals surface area contributed by atoms with Crippen molar-refractivity contribution in [2.45, 2.75) is 0 Å². The zero-order valence-corrected chi connectivity index (χ0v) is 28.8. The van der Waals surface area contributed by atoms with Gasteiger partial charge < -0.3 is 13.9 Å². The minimum Gasteiger partial charge on any atom is -0.454 e. The molecule has 0 unspecified atom stereocenters. The molecule has 53 heavy (non-hydrogen) atoms. The molecule has 0 N–H and O–H groups in total. The predicted octanol–water partition coefficient (Wildman–Crippen LogP) is 12.3. The summed E-state index contributed by atoms with van der Waals surface area (Å²) in [5.74, 6) is 1.77. The third kappa shape index (κ3) is 4.45. The van der Waals surface area contributed by atoms with Gasteiger partial charge in [0.05, 0.1) is 16.7 Å². The average molecular weight is 682 g/mol. The number of aryl methyl sites for hydroxylation is 1. The van der Waals surface area contributed by atoms with Crippen molar-refractivity contribution in [1.29, 1.82) is 0 Å². The molecule has 11 aromatic rings. The molecule has 250 valence electrons. The van der Waals surface area contributed by atoms with Crippen molar-refractivity contribution in [3.63, 3.8) is 0 Å². The quantitative estimate of drug-likeness (QED) is 0.181. The fourth-order valence-electron chi connectivity index (χ4n) is 8.22. The summed E-state index contributed by atoms with van der Waals surface area (Å²) in [6, 6.07) is 53.8. The molecule has 0 spiro atoms. The second kappa shape index (κ2) is 11.4. The summed E-state index contributed by atoms with van der Waals surface area (Å²) in [7, 11) is 2.03. The third-order valence-corrected chi connectivity index (χ3v) is 10.6. The molecule has 0 saturated carbocycles. The second-order valence-electron chi connectivity index (χ2n) is 13.6. The lowest BCUT2D eigenvalue weighted by molar-refractivity contribution is 0.669. The highest BCUT2D eigenvalue weighted by Gasteiger charge is 2.24. The lowest BCUT2D eigenvalue weighted by atomic mass is 9.98. The van der Waals surface area contributed by atoms with Crippen LogP contribution in [0, 0.1) is 0 Å². The first-order valence-corrected chi connectivity index (χ1v) is 17.8. The Bertz CT molecular complexity index is 3210. The number of hydrogen-bond donors (Lipinski definition) is 0. The molecular weight excluding hydrogens is 651 g/mol. The van der Waals surface area contributed by atoms with Gasteiger partial charge in [0.15, 0.2) is 5.58 Å². The van der Waals surface area contributed by atoms with Gasteiger partial charge in [0.2, 0.25) is 0 Å². The van der Waals surface area contributed by atoms with E-state index in [0.717, 1.165) is 83.4 Å². The molecule has 0 radical (unpaired) electrons. The van der Waals surface area contributed by atoms with E-state index in [1.54, 1.807) is 0 Å². The second-order valence-corrected chi connectivity index (χ2v) is 13.6. The third-order valence-electron chi connectivity index (χ3n) is 10.6. The highest BCUT2D eigenvalue weighted by Crippen LogP contribution is 2.48. The SMILES string of the molecule is Cn1ccnc1-c1cccc(N(c2ccc3c4ccccc4n(-c4ccccn4)c3c2)c2cc3ccccc3c3c2oc2ccc4ccccc4c23)c1. The van der Waals surface area contributed by atoms with Gasteiger partial charge in [-0.25, -0.2) is 9.97 Å². The first-order valence-electron chi connectivity index (χ1n) is 17.8. The summed E-state index contributed by atoms with van der Waals surface area (Å²) in [6.07, 6.45) is 5.68. The number of benzene rings is 7. The molecule has 0 amide bonds. The number of para-hydroxylation sites is 1. The number of rotatable bonds is 5. The number of imidazole rings is 1. The maximum Gasteiger partial charge on any atom is 0.160 e. The van der Waals surface area contributed by atoms with Gasteiger partial charge in [0, 0.05) is 64.1 Å². The van der Waals surface area contributed by atoms with Gasteiger partial charge in [0.25, 0.3) is 0 Å². The molecule has 0 atom stereocenters. The Hall–Kier alpha value is -7.18. The predicted molar refractivity (Wildman–Crippen MR) is 218 cm³/mol. The van der Waals surface area contributed by atoms with Crippen LogP contribution >= 0.6 is 0 Å². The molecule has 0 bridgehead atoms. The van der Waals surface area contributed by atoms with Crippen LogP contribution in [0.3, 0.4) is 0 Å². The molecule has 0 aliphatic rings. The molecule has 0 aliphatic carbocycles. The number of fused-ring (bicyclic) bond motifs is 10. The lowest BCUT2D eigenvalue weighted by Gasteiger charge is -2.27. The summed E-state index contributed by atoms with van der Waals surface area (Å²) < 4.78 is 11.3. The number of nitrogens with zero attached hydrogens (tertiary/aromatic N) is 5. The first-order chi connectivity index (χ1) is 26.2. The van der Waals surface area contributed by atoms with Crippen molar-refractivity contribution in [1.82, 2.24) is 19.1 Å². The van der Waals surface area contributed by atoms with Crippen LogP contribution in [0.4, 0.5) is 17.1 Å². The Labute approximate surface area is 304 Å². The zero-order valence-electron chi connectivity index (χ0n) is 28.8. The minimum atomic E-state index is 0.836. The van der Waals surface area contributed by atoms with Gasteiger partial charge in [-0.15, -0.1) is 0 Å². The Morgan fingerprint density at radius 2 is 1.30 bits per heavy atom. The van der Waals surface area contributed by atoms with E-state index >= 15 is 0 Å². The fraction of sp³-hybridized carbons (Fsp3) is 0.0213. The van der Waals surface area contributed by atoms with Crippen LogP contribution in [0.2, 0.25) is 0 Å². The topological polar surface area (TPSA) is 52.0 Å². The van der Waals surface area contributed by atoms with Crippen LogP contribution in [0.5, 0.6) is 0 Å². The van der Waals surface area contributed by atoms with E-state index in [1.165, 1.54) is 16.2 Å². The zero-order chi connectivity index (χ0) is 35.0. The van der Waals surface area contributed by atoms with E-state index in [2.05, 4.69) is 154 Å². The average Bonchev–Trinajstić information content (AvgIpc) is 3.92. The number of anilines is 3. The monoisotopic (exact) mass is 681 g/mol. The molecule has 0 saturated heterocycles. The molecule has 4 aromatic heterocycles. The molecule has 0 fully saturated rings. The van der Waals surface area contributed by atoms with Crippen LogP contribution in [0.15, 0.2) is 175 Å². The van der Waals surface area contributed by atoms with E-state index in [4.69, 9.17) is 14.4 Å². The normalized spacial score (nSPS) is 11.9. The Morgan fingerprint density at radius 1 is 0.547 bits per heavy atom. The first kappa shape index (κ1) is 29.5. The Kier molecular flexibility index (Phi) is 6.36. The lowest BCUT2D eigenvalue weighted by Crippen LogP contribution is -2.11. The van der Waals surface area contributed by atoms with Crippen LogP contribution in [0.1, 0.15) is 0 Å². The number of furan rings is 1. The number of aromatic nitrogens is 4. The van der Waals surface area contributed by atoms with Crippen molar-refractivity contribution in [3.05, 3.63) is 170 Å². The summed E-state index contributed by atoms with van der Waals surface area (Å²) >= 11 is 0. The van der Waals surface area contributed by atoms with Gasteiger partial charge in [-0.1, -0.05) is 97.1 Å². The molecular formula is C47H31N5O. The summed E-state index contributed by atoms with van der Waals surface area (Å²) in [5.41, 5.74) is 7.85. The van der Waals surface area contributed by atoms with Crippen molar-refractivity contribution in [2.24, 2.45) is 7.05 Å². The van der Waals surface area contributed by atoms with E-state index in [0.29, 0.717) is 0 Å². The summed E-state index contributed by atoms with van der Waals surface area (Å²) in [4.78, 5) is 11.9. The van der Waals surface area contributed by atoms with E-state index in [-0.39, 0.29) is 0 Å². The standard InChI is InChI=1S/C47H31N5O/c1-50-26-25-49-47(50)32-13-10-14-33(27-32)51(34-21-22-38-37-17-6-7-18-39(37)52(40(38)29-34)43-19-8-9-24-48-43)41-28-31-12-3-5-16-36(31)45-44-35-15-4-2-11-30(35)20-23-42(44)53-46(41)45/h2-29H,1H3. The summed E-state index contributed by atoms with van der Waals surface area (Å²) in [6.45, 7) is 0. The van der Waals surface area contributed by atoms with E-state index < -0.39 is 0 Å². The van der Waals surface area contributed by atoms with Crippen LogP contribution in [-0.2, 0) is 7.05 Å². The van der Waals surface area contributed by atoms with Crippen LogP contribution in [0.25, 0.3) is 82.5 Å². The van der Waals surface area contributed by atoms with Crippen molar-refractivity contribution in [3.8, 4) is 17.2 Å². The Morgan fingerprint density at radius 3 is 2.13 bits per heavy atom. The van der Waals surface area contributed by atoms with Gasteiger partial charge in [-0.2, -0.15) is 0 Å². The molecule has 6 heteroatoms. The van der Waals surface area contributed by atoms with E-state index in [9.17, 15) is 0 Å². The highest BCUT2D eigenvalue weighted by atomic mass is 16.3. The molecule has 4 heterocycles.